The molecule has 0 saturated carbocycles. The van der Waals surface area contributed by atoms with Crippen LogP contribution in [0.5, 0.6) is 17.2 Å². The van der Waals surface area contributed by atoms with Crippen LogP contribution in [0.25, 0.3) is 0 Å². The minimum Gasteiger partial charge on any atom is -0.493 e. The average molecular weight is 322 g/mol. The van der Waals surface area contributed by atoms with Crippen molar-refractivity contribution in [2.75, 3.05) is 47.5 Å². The first-order valence-corrected chi connectivity index (χ1v) is 7.92. The first-order chi connectivity index (χ1) is 11.1. The number of hydrogen-bond acceptors (Lipinski definition) is 5. The second kappa shape index (κ2) is 8.06. The van der Waals surface area contributed by atoms with Crippen LogP contribution in [0.3, 0.4) is 0 Å². The van der Waals surface area contributed by atoms with Crippen LogP contribution in [0, 0.1) is 0 Å². The summed E-state index contributed by atoms with van der Waals surface area (Å²) in [5, 5.41) is 0. The van der Waals surface area contributed by atoms with Crippen LogP contribution in [0.1, 0.15) is 18.9 Å². The second-order valence-electron chi connectivity index (χ2n) is 5.50. The lowest BCUT2D eigenvalue weighted by Crippen LogP contribution is -2.48. The van der Waals surface area contributed by atoms with E-state index in [4.69, 9.17) is 14.2 Å². The molecule has 0 radical (unpaired) electrons. The van der Waals surface area contributed by atoms with Gasteiger partial charge < -0.3 is 19.1 Å². The van der Waals surface area contributed by atoms with Gasteiger partial charge in [-0.25, -0.2) is 0 Å². The molecule has 6 heteroatoms. The third kappa shape index (κ3) is 3.88. The predicted molar refractivity (Wildman–Crippen MR) is 88.2 cm³/mol. The van der Waals surface area contributed by atoms with Crippen molar-refractivity contribution in [3.8, 4) is 17.2 Å². The van der Waals surface area contributed by atoms with E-state index in [1.165, 1.54) is 0 Å². The molecule has 128 valence electrons. The van der Waals surface area contributed by atoms with Crippen molar-refractivity contribution in [3.63, 3.8) is 0 Å². The Bertz CT molecular complexity index is 540. The first kappa shape index (κ1) is 17.4. The van der Waals surface area contributed by atoms with Gasteiger partial charge in [-0.05, 0) is 6.07 Å². The fourth-order valence-electron chi connectivity index (χ4n) is 2.91. The standard InChI is InChI=1S/C17H26N2O4/c1-5-15(20)19-10-8-18(9-11-19)12-13-6-7-14(21-2)17(23-4)16(13)22-3/h6-7H,5,8-12H2,1-4H3. The quantitative estimate of drug-likeness (QED) is 0.799. The highest BCUT2D eigenvalue weighted by Crippen LogP contribution is 2.40. The Kier molecular flexibility index (Phi) is 6.10. The predicted octanol–water partition coefficient (Wildman–Crippen LogP) is 1.77. The minimum absolute atomic E-state index is 0.230. The van der Waals surface area contributed by atoms with Gasteiger partial charge in [-0.1, -0.05) is 13.0 Å². The Labute approximate surface area is 137 Å². The third-order valence-corrected chi connectivity index (χ3v) is 4.21. The molecule has 0 bridgehead atoms. The largest absolute Gasteiger partial charge is 0.493 e. The molecular weight excluding hydrogens is 296 g/mol. The molecule has 23 heavy (non-hydrogen) atoms. The molecule has 1 saturated heterocycles. The summed E-state index contributed by atoms with van der Waals surface area (Å²) in [6.07, 6.45) is 0.573. The average Bonchev–Trinajstić information content (AvgIpc) is 2.61. The van der Waals surface area contributed by atoms with E-state index in [-0.39, 0.29) is 5.91 Å². The first-order valence-electron chi connectivity index (χ1n) is 7.92. The lowest BCUT2D eigenvalue weighted by molar-refractivity contribution is -0.132. The number of hydrogen-bond donors (Lipinski definition) is 0. The van der Waals surface area contributed by atoms with Crippen LogP contribution in [-0.2, 0) is 11.3 Å². The second-order valence-corrected chi connectivity index (χ2v) is 5.50. The number of amides is 1. The Morgan fingerprint density at radius 1 is 1.00 bits per heavy atom. The molecule has 0 unspecified atom stereocenters. The van der Waals surface area contributed by atoms with E-state index < -0.39 is 0 Å². The van der Waals surface area contributed by atoms with Gasteiger partial charge >= 0.3 is 0 Å². The number of rotatable bonds is 6. The van der Waals surface area contributed by atoms with E-state index in [2.05, 4.69) is 4.90 Å². The van der Waals surface area contributed by atoms with E-state index >= 15 is 0 Å². The molecule has 1 amide bonds. The fraction of sp³-hybridized carbons (Fsp3) is 0.588. The summed E-state index contributed by atoms with van der Waals surface area (Å²) < 4.78 is 16.3. The number of methoxy groups -OCH3 is 3. The molecule has 1 heterocycles. The van der Waals surface area contributed by atoms with E-state index in [1.807, 2.05) is 24.0 Å². The number of piperazine rings is 1. The molecule has 1 aliphatic rings. The lowest BCUT2D eigenvalue weighted by atomic mass is 10.1. The lowest BCUT2D eigenvalue weighted by Gasteiger charge is -2.35. The SMILES string of the molecule is CCC(=O)N1CCN(Cc2ccc(OC)c(OC)c2OC)CC1. The van der Waals surface area contributed by atoms with E-state index in [0.29, 0.717) is 23.7 Å². The van der Waals surface area contributed by atoms with Crippen LogP contribution in [0.2, 0.25) is 0 Å². The van der Waals surface area contributed by atoms with Crippen LogP contribution >= 0.6 is 0 Å². The molecule has 1 fully saturated rings. The Hall–Kier alpha value is -1.95. The zero-order valence-corrected chi connectivity index (χ0v) is 14.4. The molecule has 1 aromatic rings. The van der Waals surface area contributed by atoms with Gasteiger partial charge in [0.1, 0.15) is 0 Å². The van der Waals surface area contributed by atoms with Crippen molar-refractivity contribution in [1.29, 1.82) is 0 Å². The fourth-order valence-corrected chi connectivity index (χ4v) is 2.91. The summed E-state index contributed by atoms with van der Waals surface area (Å²) in [6, 6.07) is 3.90. The van der Waals surface area contributed by atoms with E-state index in [0.717, 1.165) is 38.3 Å². The maximum atomic E-state index is 11.7. The number of nitrogens with zero attached hydrogens (tertiary/aromatic N) is 2. The molecule has 6 nitrogen and oxygen atoms in total. The Morgan fingerprint density at radius 2 is 1.65 bits per heavy atom. The molecule has 0 aliphatic carbocycles. The topological polar surface area (TPSA) is 51.2 Å². The number of benzene rings is 1. The molecule has 2 rings (SSSR count). The summed E-state index contributed by atoms with van der Waals surface area (Å²) in [5.74, 6) is 2.21. The smallest absolute Gasteiger partial charge is 0.222 e. The summed E-state index contributed by atoms with van der Waals surface area (Å²) >= 11 is 0. The number of carbonyl (C=O) groups excluding carboxylic acids is 1. The van der Waals surface area contributed by atoms with Crippen molar-refractivity contribution < 1.29 is 19.0 Å². The summed E-state index contributed by atoms with van der Waals surface area (Å²) in [6.45, 7) is 5.96. The highest BCUT2D eigenvalue weighted by molar-refractivity contribution is 5.75. The van der Waals surface area contributed by atoms with Crippen LogP contribution in [0.15, 0.2) is 12.1 Å². The Balaban J connectivity index is 2.08. The minimum atomic E-state index is 0.230. The highest BCUT2D eigenvalue weighted by Gasteiger charge is 2.22. The van der Waals surface area contributed by atoms with Gasteiger partial charge in [-0.2, -0.15) is 0 Å². The number of carbonyl (C=O) groups is 1. The molecule has 0 spiro atoms. The van der Waals surface area contributed by atoms with Crippen LogP contribution in [-0.4, -0.2) is 63.2 Å². The van der Waals surface area contributed by atoms with Gasteiger partial charge in [0.25, 0.3) is 0 Å². The normalized spacial score (nSPS) is 15.4. The van der Waals surface area contributed by atoms with Gasteiger partial charge in [0.2, 0.25) is 11.7 Å². The van der Waals surface area contributed by atoms with Crippen LogP contribution in [0.4, 0.5) is 0 Å². The van der Waals surface area contributed by atoms with Gasteiger partial charge in [-0.15, -0.1) is 0 Å². The molecule has 0 aromatic heterocycles. The molecule has 0 atom stereocenters. The van der Waals surface area contributed by atoms with Crippen LogP contribution < -0.4 is 14.2 Å². The van der Waals surface area contributed by atoms with Gasteiger partial charge in [0, 0.05) is 44.7 Å². The van der Waals surface area contributed by atoms with Gasteiger partial charge in [0.15, 0.2) is 11.5 Å². The maximum absolute atomic E-state index is 11.7. The summed E-state index contributed by atoms with van der Waals surface area (Å²) in [4.78, 5) is 16.0. The van der Waals surface area contributed by atoms with E-state index in [1.54, 1.807) is 21.3 Å². The number of ether oxygens (including phenoxy) is 3. The van der Waals surface area contributed by atoms with Crippen molar-refractivity contribution in [2.24, 2.45) is 0 Å². The summed E-state index contributed by atoms with van der Waals surface area (Å²) in [5.41, 5.74) is 1.06. The maximum Gasteiger partial charge on any atom is 0.222 e. The molecule has 1 aromatic carbocycles. The molecule has 1 aliphatic heterocycles. The van der Waals surface area contributed by atoms with Gasteiger partial charge in [0.05, 0.1) is 21.3 Å². The monoisotopic (exact) mass is 322 g/mol. The van der Waals surface area contributed by atoms with Crippen molar-refractivity contribution in [1.82, 2.24) is 9.80 Å². The highest BCUT2D eigenvalue weighted by atomic mass is 16.5. The van der Waals surface area contributed by atoms with Crippen molar-refractivity contribution in [3.05, 3.63) is 17.7 Å². The molecule has 0 N–H and O–H groups in total. The zero-order chi connectivity index (χ0) is 16.8. The molecular formula is C17H26N2O4. The third-order valence-electron chi connectivity index (χ3n) is 4.21. The Morgan fingerprint density at radius 3 is 2.17 bits per heavy atom. The van der Waals surface area contributed by atoms with Crippen molar-refractivity contribution in [2.45, 2.75) is 19.9 Å². The van der Waals surface area contributed by atoms with E-state index in [9.17, 15) is 4.79 Å². The van der Waals surface area contributed by atoms with Gasteiger partial charge in [-0.3, -0.25) is 9.69 Å². The summed E-state index contributed by atoms with van der Waals surface area (Å²) in [7, 11) is 4.86. The zero-order valence-electron chi connectivity index (χ0n) is 14.4. The van der Waals surface area contributed by atoms with Crippen molar-refractivity contribution >= 4 is 5.91 Å².